The molecule has 7 rings (SSSR count). The summed E-state index contributed by atoms with van der Waals surface area (Å²) in [5, 5.41) is 101. The van der Waals surface area contributed by atoms with Gasteiger partial charge < -0.3 is 91.8 Å². The van der Waals surface area contributed by atoms with Gasteiger partial charge in [-0.1, -0.05) is 87.4 Å². The lowest BCUT2D eigenvalue weighted by Gasteiger charge is -2.34. The minimum atomic E-state index is -4.81. The van der Waals surface area contributed by atoms with Gasteiger partial charge in [0.05, 0.1) is 36.3 Å². The van der Waals surface area contributed by atoms with Crippen molar-refractivity contribution in [2.75, 3.05) is 19.7 Å². The van der Waals surface area contributed by atoms with Gasteiger partial charge >= 0.3 is 7.60 Å². The van der Waals surface area contributed by atoms with Crippen LogP contribution < -0.4 is 36.6 Å². The number of nitrogens with zero attached hydrogens (tertiary/aromatic N) is 2. The Kier molecular flexibility index (Phi) is 21.8. The van der Waals surface area contributed by atoms with Gasteiger partial charge in [0, 0.05) is 37.4 Å². The number of unbranched alkanes of at least 4 members (excludes halogenated alkanes) is 2. The topological polar surface area (TPSA) is 415 Å². The van der Waals surface area contributed by atoms with E-state index in [1.54, 1.807) is 12.1 Å². The molecule has 4 aromatic carbocycles. The molecule has 0 aromatic heterocycles. The Bertz CT molecular complexity index is 3060. The molecule has 460 valence electrons. The Morgan fingerprint density at radius 2 is 1.16 bits per heavy atom. The molecule has 3 saturated heterocycles. The number of ether oxygens (including phenoxy) is 1. The summed E-state index contributed by atoms with van der Waals surface area (Å²) in [5.41, 5.74) is 3.12. The highest BCUT2D eigenvalue weighted by atomic mass is 31.2. The fraction of sp³-hybridized carbons (Fsp3) is 0.466. The maximum absolute atomic E-state index is 14.5. The van der Waals surface area contributed by atoms with Gasteiger partial charge in [-0.3, -0.25) is 38.1 Å². The van der Waals surface area contributed by atoms with Crippen LogP contribution in [0.15, 0.2) is 97.1 Å². The summed E-state index contributed by atoms with van der Waals surface area (Å²) in [6.07, 6.45) is -14.2. The van der Waals surface area contributed by atoms with Crippen LogP contribution in [0.25, 0.3) is 22.3 Å². The van der Waals surface area contributed by atoms with Crippen LogP contribution in [-0.2, 0) is 33.3 Å². The van der Waals surface area contributed by atoms with Crippen molar-refractivity contribution < 1.29 is 93.5 Å². The largest absolute Gasteiger partial charge is 0.494 e. The zero-order valence-corrected chi connectivity index (χ0v) is 47.9. The monoisotopic (exact) mass is 1200 g/mol. The van der Waals surface area contributed by atoms with E-state index < -0.39 is 171 Å². The number of benzene rings is 4. The van der Waals surface area contributed by atoms with Crippen molar-refractivity contribution in [3.8, 4) is 28.0 Å². The maximum atomic E-state index is 14.5. The molecule has 15 atom stereocenters. The van der Waals surface area contributed by atoms with Crippen LogP contribution in [0.2, 0.25) is 0 Å². The van der Waals surface area contributed by atoms with Crippen molar-refractivity contribution >= 4 is 54.3 Å². The first-order chi connectivity index (χ1) is 40.2. The van der Waals surface area contributed by atoms with E-state index in [1.807, 2.05) is 48.5 Å². The summed E-state index contributed by atoms with van der Waals surface area (Å²) in [7, 11) is -4.81. The Hall–Kier alpha value is -7.20. The van der Waals surface area contributed by atoms with Crippen LogP contribution in [0.3, 0.4) is 0 Å². The number of rotatable bonds is 15. The number of hydrogen-bond donors (Lipinski definition) is 15. The molecule has 0 saturated carbocycles. The molecule has 85 heavy (non-hydrogen) atoms. The average molecular weight is 1200 g/mol. The van der Waals surface area contributed by atoms with Crippen LogP contribution in [0.4, 0.5) is 0 Å². The van der Waals surface area contributed by atoms with E-state index >= 15 is 0 Å². The molecule has 0 bridgehead atoms. The van der Waals surface area contributed by atoms with E-state index in [-0.39, 0.29) is 11.1 Å². The normalized spacial score (nSPS) is 27.2. The molecular weight excluding hydrogens is 1130 g/mol. The standard InChI is InChI=1S/C58H74N7O19P/c1-5-6-7-24-84-39-20-16-35(17-21-39)33-10-8-32(9-11-33)34-12-14-37(15-13-34)51(73)59-41-26-43(69)54(76)63-56(78)47-48(70)29(2)27-65(47)58(80)45(31(4)67)61-55(77)46(50(72)49(71)36-18-22-40(23-19-36)85(81,82)83)62-53(75)42-25-38(68)28-64(42)57(79)44(30(3)66)60-52(41)74/h8-23,29-31,38,41-50,54,66-72,76H,5-7,24-28H2,1-4H3,(H,59,73)(H,60,74)(H,61,77)(H,62,75)(H,63,78)(H2,81,82,83). The van der Waals surface area contributed by atoms with E-state index in [1.165, 1.54) is 19.1 Å². The Morgan fingerprint density at radius 1 is 0.647 bits per heavy atom. The zero-order valence-electron chi connectivity index (χ0n) is 47.0. The minimum Gasteiger partial charge on any atom is -0.494 e. The van der Waals surface area contributed by atoms with Gasteiger partial charge in [-0.2, -0.15) is 0 Å². The molecule has 15 unspecified atom stereocenters. The van der Waals surface area contributed by atoms with Crippen LogP contribution in [0.5, 0.6) is 5.75 Å². The number of aliphatic hydroxyl groups excluding tert-OH is 8. The molecule has 27 heteroatoms. The molecule has 0 aliphatic carbocycles. The number of hydrogen-bond acceptors (Lipinski definition) is 17. The summed E-state index contributed by atoms with van der Waals surface area (Å²) in [6, 6.07) is 13.4. The Balaban J connectivity index is 1.18. The molecule has 3 aliphatic rings. The van der Waals surface area contributed by atoms with Gasteiger partial charge in [0.2, 0.25) is 35.4 Å². The maximum Gasteiger partial charge on any atom is 0.356 e. The third kappa shape index (κ3) is 15.8. The minimum absolute atomic E-state index is 0.00903. The predicted octanol–water partition coefficient (Wildman–Crippen LogP) is -1.83. The second kappa shape index (κ2) is 28.3. The molecule has 3 aliphatic heterocycles. The molecular formula is C58H74N7O19P. The molecule has 0 spiro atoms. The second-order valence-electron chi connectivity index (χ2n) is 21.8. The highest BCUT2D eigenvalue weighted by Gasteiger charge is 2.50. The number of aliphatic hydroxyl groups is 8. The van der Waals surface area contributed by atoms with Crippen LogP contribution in [0.1, 0.15) is 81.8 Å². The molecule has 0 radical (unpaired) electrons. The van der Waals surface area contributed by atoms with Crippen molar-refractivity contribution in [3.63, 3.8) is 0 Å². The molecule has 4 aromatic rings. The highest BCUT2D eigenvalue weighted by molar-refractivity contribution is 7.60. The van der Waals surface area contributed by atoms with Crippen LogP contribution in [0, 0.1) is 5.92 Å². The highest BCUT2D eigenvalue weighted by Crippen LogP contribution is 2.34. The van der Waals surface area contributed by atoms with Gasteiger partial charge in [-0.15, -0.1) is 0 Å². The summed E-state index contributed by atoms with van der Waals surface area (Å²) in [6.45, 7) is 5.29. The smallest absolute Gasteiger partial charge is 0.356 e. The first-order valence-corrected chi connectivity index (χ1v) is 29.5. The van der Waals surface area contributed by atoms with Crippen LogP contribution >= 0.6 is 7.60 Å². The second-order valence-corrected chi connectivity index (χ2v) is 23.4. The number of carbonyl (C=O) groups is 7. The van der Waals surface area contributed by atoms with Crippen molar-refractivity contribution in [2.24, 2.45) is 5.92 Å². The number of fused-ring (bicyclic) bond motifs is 2. The SMILES string of the molecule is CCCCCOc1ccc(-c2ccc(-c3ccc(C(=O)NC4CC(O)C(O)NC(=O)C5C(O)C(C)CN5C(=O)C(C(C)O)NC(=O)C(C(O)C(O)c5ccc(P(=O)(O)O)cc5)NC(=O)C5CC(O)CN5C(=O)C(C(C)O)NC4=O)cc3)cc2)cc1. The lowest BCUT2D eigenvalue weighted by atomic mass is 9.97. The van der Waals surface area contributed by atoms with Gasteiger partial charge in [0.25, 0.3) is 5.91 Å². The quantitative estimate of drug-likeness (QED) is 0.0460. The number of nitrogens with one attached hydrogen (secondary N) is 5. The summed E-state index contributed by atoms with van der Waals surface area (Å²) in [4.78, 5) is 121. The predicted molar refractivity (Wildman–Crippen MR) is 303 cm³/mol. The van der Waals surface area contributed by atoms with E-state index in [4.69, 9.17) is 4.74 Å². The van der Waals surface area contributed by atoms with Crippen molar-refractivity contribution in [1.82, 2.24) is 36.4 Å². The van der Waals surface area contributed by atoms with Gasteiger partial charge in [-0.05, 0) is 84.5 Å². The Labute approximate surface area is 489 Å². The molecule has 3 fully saturated rings. The number of amides is 7. The molecule has 3 heterocycles. The van der Waals surface area contributed by atoms with Crippen molar-refractivity contribution in [3.05, 3.63) is 108 Å². The van der Waals surface area contributed by atoms with Gasteiger partial charge in [0.1, 0.15) is 60.3 Å². The van der Waals surface area contributed by atoms with E-state index in [2.05, 4.69) is 33.5 Å². The lowest BCUT2D eigenvalue weighted by molar-refractivity contribution is -0.148. The van der Waals surface area contributed by atoms with Gasteiger partial charge in [0.15, 0.2) is 6.23 Å². The third-order valence-electron chi connectivity index (χ3n) is 15.4. The van der Waals surface area contributed by atoms with E-state index in [0.29, 0.717) is 12.2 Å². The van der Waals surface area contributed by atoms with Crippen molar-refractivity contribution in [1.29, 1.82) is 0 Å². The van der Waals surface area contributed by atoms with Crippen molar-refractivity contribution in [2.45, 2.75) is 145 Å². The van der Waals surface area contributed by atoms with E-state index in [0.717, 1.165) is 89.6 Å². The molecule has 7 amide bonds. The third-order valence-corrected chi connectivity index (χ3v) is 16.3. The summed E-state index contributed by atoms with van der Waals surface area (Å²) < 4.78 is 17.7. The lowest BCUT2D eigenvalue weighted by Crippen LogP contribution is -2.64. The first-order valence-electron chi connectivity index (χ1n) is 27.9. The van der Waals surface area contributed by atoms with Crippen LogP contribution in [-0.4, -0.2) is 201 Å². The molecule has 26 nitrogen and oxygen atoms in total. The first kappa shape index (κ1) is 65.3. The molecule has 15 N–H and O–H groups in total. The zero-order chi connectivity index (χ0) is 62.2. The fourth-order valence-corrected chi connectivity index (χ4v) is 11.0. The summed E-state index contributed by atoms with van der Waals surface area (Å²) in [5.74, 6) is -8.79. The number of carbonyl (C=O) groups excluding carboxylic acids is 7. The Morgan fingerprint density at radius 3 is 1.71 bits per heavy atom. The fourth-order valence-electron chi connectivity index (χ4n) is 10.4. The summed E-state index contributed by atoms with van der Waals surface area (Å²) >= 11 is 0. The van der Waals surface area contributed by atoms with Gasteiger partial charge in [-0.25, -0.2) is 0 Å². The average Bonchev–Trinajstić information content (AvgIpc) is 2.86. The van der Waals surface area contributed by atoms with E-state index in [9.17, 15) is 88.8 Å².